The molecule has 250 valence electrons. The second-order valence-corrected chi connectivity index (χ2v) is 18.7. The van der Waals surface area contributed by atoms with Gasteiger partial charge in [0.25, 0.3) is 0 Å². The van der Waals surface area contributed by atoms with Gasteiger partial charge in [-0.15, -0.1) is 45.3 Å². The zero-order valence-electron chi connectivity index (χ0n) is 28.9. The van der Waals surface area contributed by atoms with Crippen molar-refractivity contribution < 1.29 is 19.2 Å². The van der Waals surface area contributed by atoms with Gasteiger partial charge in [0.15, 0.2) is 23.1 Å². The van der Waals surface area contributed by atoms with Crippen LogP contribution in [0.1, 0.15) is 129 Å². The highest BCUT2D eigenvalue weighted by Crippen LogP contribution is 2.35. The number of Topliss-reactive ketones (excluding diaryl/α,β-unsaturated/α-hetero) is 4. The van der Waals surface area contributed by atoms with Gasteiger partial charge in [0.05, 0.1) is 0 Å². The fourth-order valence-corrected chi connectivity index (χ4v) is 10.4. The molecule has 0 fully saturated rings. The van der Waals surface area contributed by atoms with Gasteiger partial charge in [-0.05, 0) is 103 Å². The molecule has 0 amide bonds. The lowest BCUT2D eigenvalue weighted by molar-refractivity contribution is 0.0927. The third-order valence-electron chi connectivity index (χ3n) is 8.97. The number of hydrogen-bond acceptors (Lipinski definition) is 8. The standard InChI is InChI=1S/C40H42O4S4/c1-21-13-33(25(5)45-21)37(41)17-31(18-38(42)34-14-22(2)46-26(34)6)29-9-11-30(12-10-29)32(19-39(43)35-15-23(3)47-27(35)7)20-40(44)36-16-24(4)48-28(36)8/h9-16,31-32H,17-20H2,1-8H3. The Kier molecular flexibility index (Phi) is 11.3. The maximum absolute atomic E-state index is 13.6. The summed E-state index contributed by atoms with van der Waals surface area (Å²) < 4.78 is 0. The van der Waals surface area contributed by atoms with Crippen LogP contribution in [0.3, 0.4) is 0 Å². The van der Waals surface area contributed by atoms with Gasteiger partial charge in [-0.25, -0.2) is 0 Å². The number of rotatable bonds is 14. The minimum Gasteiger partial charge on any atom is -0.294 e. The molecule has 5 rings (SSSR count). The molecule has 0 saturated carbocycles. The topological polar surface area (TPSA) is 68.3 Å². The Labute approximate surface area is 299 Å². The zero-order chi connectivity index (χ0) is 34.9. The Bertz CT molecular complexity index is 1730. The molecule has 4 aromatic heterocycles. The van der Waals surface area contributed by atoms with Crippen molar-refractivity contribution in [2.45, 2.75) is 92.9 Å². The normalized spacial score (nSPS) is 11.5. The molecule has 0 aliphatic heterocycles. The molecule has 0 saturated heterocycles. The van der Waals surface area contributed by atoms with Crippen LogP contribution in [0.4, 0.5) is 0 Å². The maximum Gasteiger partial charge on any atom is 0.164 e. The molecule has 0 unspecified atom stereocenters. The van der Waals surface area contributed by atoms with Crippen LogP contribution < -0.4 is 0 Å². The molecule has 0 N–H and O–H groups in total. The number of hydrogen-bond donors (Lipinski definition) is 0. The molecule has 0 bridgehead atoms. The van der Waals surface area contributed by atoms with E-state index in [0.29, 0.717) is 0 Å². The Morgan fingerprint density at radius 1 is 0.417 bits per heavy atom. The zero-order valence-corrected chi connectivity index (χ0v) is 32.1. The fraction of sp³-hybridized carbons (Fsp3) is 0.350. The minimum atomic E-state index is -0.312. The molecular formula is C40H42O4S4. The lowest BCUT2D eigenvalue weighted by Crippen LogP contribution is -2.15. The first kappa shape index (κ1) is 36.0. The van der Waals surface area contributed by atoms with E-state index in [1.807, 2.05) is 104 Å². The van der Waals surface area contributed by atoms with Crippen LogP contribution >= 0.6 is 45.3 Å². The van der Waals surface area contributed by atoms with Gasteiger partial charge in [-0.3, -0.25) is 19.2 Å². The summed E-state index contributed by atoms with van der Waals surface area (Å²) in [5, 5.41) is 0. The van der Waals surface area contributed by atoms with Gasteiger partial charge < -0.3 is 0 Å². The third kappa shape index (κ3) is 8.28. The van der Waals surface area contributed by atoms with Crippen molar-refractivity contribution in [3.63, 3.8) is 0 Å². The summed E-state index contributed by atoms with van der Waals surface area (Å²) in [5.41, 5.74) is 4.71. The van der Waals surface area contributed by atoms with Crippen molar-refractivity contribution in [1.29, 1.82) is 0 Å². The van der Waals surface area contributed by atoms with Gasteiger partial charge in [0.1, 0.15) is 0 Å². The lowest BCUT2D eigenvalue weighted by Gasteiger charge is -2.20. The Hall–Kier alpha value is -3.30. The number of carbonyl (C=O) groups excluding carboxylic acids is 4. The van der Waals surface area contributed by atoms with Crippen LogP contribution in [-0.2, 0) is 0 Å². The highest BCUT2D eigenvalue weighted by molar-refractivity contribution is 7.13. The number of thiophene rings is 4. The number of ketones is 4. The van der Waals surface area contributed by atoms with E-state index in [-0.39, 0.29) is 60.7 Å². The predicted molar refractivity (Wildman–Crippen MR) is 203 cm³/mol. The maximum atomic E-state index is 13.6. The molecule has 0 atom stereocenters. The summed E-state index contributed by atoms with van der Waals surface area (Å²) in [6, 6.07) is 15.7. The summed E-state index contributed by atoms with van der Waals surface area (Å²) in [4.78, 5) is 62.8. The number of benzene rings is 1. The lowest BCUT2D eigenvalue weighted by atomic mass is 9.83. The van der Waals surface area contributed by atoms with E-state index in [0.717, 1.165) is 72.4 Å². The third-order valence-corrected chi connectivity index (χ3v) is 12.8. The molecule has 0 radical (unpaired) electrons. The van der Waals surface area contributed by atoms with Crippen molar-refractivity contribution in [2.75, 3.05) is 0 Å². The molecule has 8 heteroatoms. The van der Waals surface area contributed by atoms with E-state index in [1.165, 1.54) is 0 Å². The monoisotopic (exact) mass is 714 g/mol. The predicted octanol–water partition coefficient (Wildman–Crippen LogP) is 11.7. The van der Waals surface area contributed by atoms with E-state index >= 15 is 0 Å². The van der Waals surface area contributed by atoms with Crippen molar-refractivity contribution >= 4 is 68.5 Å². The minimum absolute atomic E-state index is 0.0360. The van der Waals surface area contributed by atoms with Crippen molar-refractivity contribution in [1.82, 2.24) is 0 Å². The summed E-state index contributed by atoms with van der Waals surface area (Å²) in [7, 11) is 0. The fourth-order valence-electron chi connectivity index (χ4n) is 6.62. The van der Waals surface area contributed by atoms with Crippen LogP contribution in [0.2, 0.25) is 0 Å². The number of carbonyl (C=O) groups is 4. The second kappa shape index (κ2) is 15.1. The highest BCUT2D eigenvalue weighted by Gasteiger charge is 2.27. The first-order chi connectivity index (χ1) is 22.7. The van der Waals surface area contributed by atoms with Gasteiger partial charge in [-0.2, -0.15) is 0 Å². The molecule has 48 heavy (non-hydrogen) atoms. The van der Waals surface area contributed by atoms with Crippen LogP contribution in [0, 0.1) is 55.4 Å². The molecule has 0 aliphatic rings. The van der Waals surface area contributed by atoms with Gasteiger partial charge >= 0.3 is 0 Å². The van der Waals surface area contributed by atoms with E-state index in [2.05, 4.69) is 0 Å². The van der Waals surface area contributed by atoms with Gasteiger partial charge in [-0.1, -0.05) is 24.3 Å². The Balaban J connectivity index is 1.46. The van der Waals surface area contributed by atoms with E-state index in [1.54, 1.807) is 45.3 Å². The molecule has 0 aliphatic carbocycles. The van der Waals surface area contributed by atoms with E-state index in [9.17, 15) is 19.2 Å². The first-order valence-corrected chi connectivity index (χ1v) is 19.5. The highest BCUT2D eigenvalue weighted by atomic mass is 32.1. The summed E-state index contributed by atoms with van der Waals surface area (Å²) in [5.74, 6) is -0.480. The molecular weight excluding hydrogens is 673 g/mol. The SMILES string of the molecule is Cc1cc(C(=O)CC(CC(=O)c2cc(C)sc2C)c2ccc(C(CC(=O)c3cc(C)sc3C)CC(=O)c3cc(C)sc3C)cc2)c(C)s1. The quantitative estimate of drug-likeness (QED) is 0.107. The number of aryl methyl sites for hydroxylation is 8. The molecule has 4 heterocycles. The second-order valence-electron chi connectivity index (χ2n) is 12.9. The van der Waals surface area contributed by atoms with Crippen LogP contribution in [0.5, 0.6) is 0 Å². The van der Waals surface area contributed by atoms with Crippen LogP contribution in [0.25, 0.3) is 0 Å². The molecule has 0 spiro atoms. The van der Waals surface area contributed by atoms with Gasteiger partial charge in [0.2, 0.25) is 0 Å². The van der Waals surface area contributed by atoms with Crippen LogP contribution in [-0.4, -0.2) is 23.1 Å². The van der Waals surface area contributed by atoms with Crippen LogP contribution in [0.15, 0.2) is 48.5 Å². The molecule has 5 aromatic rings. The van der Waals surface area contributed by atoms with E-state index in [4.69, 9.17) is 0 Å². The van der Waals surface area contributed by atoms with Crippen molar-refractivity contribution in [3.8, 4) is 0 Å². The Morgan fingerprint density at radius 3 is 0.792 bits per heavy atom. The first-order valence-electron chi connectivity index (χ1n) is 16.2. The summed E-state index contributed by atoms with van der Waals surface area (Å²) in [6.45, 7) is 15.9. The average molecular weight is 715 g/mol. The summed E-state index contributed by atoms with van der Waals surface area (Å²) in [6.07, 6.45) is 0.882. The largest absolute Gasteiger partial charge is 0.294 e. The molecule has 1 aromatic carbocycles. The molecule has 4 nitrogen and oxygen atoms in total. The smallest absolute Gasteiger partial charge is 0.164 e. The Morgan fingerprint density at radius 2 is 0.625 bits per heavy atom. The average Bonchev–Trinajstić information content (AvgIpc) is 3.76. The van der Waals surface area contributed by atoms with Crippen molar-refractivity contribution in [3.05, 3.63) is 121 Å². The summed E-state index contributed by atoms with van der Waals surface area (Å²) >= 11 is 6.45. The van der Waals surface area contributed by atoms with Crippen molar-refractivity contribution in [2.24, 2.45) is 0 Å². The van der Waals surface area contributed by atoms with E-state index < -0.39 is 0 Å². The van der Waals surface area contributed by atoms with Gasteiger partial charge in [0, 0.05) is 87.0 Å².